The number of esters is 1. The third-order valence-corrected chi connectivity index (χ3v) is 13.7. The van der Waals surface area contributed by atoms with Crippen molar-refractivity contribution in [3.05, 3.63) is 71.8 Å². The first kappa shape index (κ1) is 22.4. The molecule has 13 atom stereocenters. The van der Waals surface area contributed by atoms with E-state index in [1.165, 1.54) is 30.4 Å². The van der Waals surface area contributed by atoms with E-state index in [9.17, 15) is 9.59 Å². The molecule has 0 N–H and O–H groups in total. The van der Waals surface area contributed by atoms with Gasteiger partial charge in [0.15, 0.2) is 0 Å². The number of ether oxygens (including phenoxy) is 1. The highest BCUT2D eigenvalue weighted by atomic mass is 16.5. The zero-order valence-corrected chi connectivity index (χ0v) is 22.3. The molecule has 0 radical (unpaired) electrons. The zero-order chi connectivity index (χ0) is 25.4. The van der Waals surface area contributed by atoms with Crippen molar-refractivity contribution in [2.45, 2.75) is 44.9 Å². The summed E-state index contributed by atoms with van der Waals surface area (Å²) < 4.78 is 5.85. The molecule has 7 fully saturated rings. The molecule has 3 heteroatoms. The Morgan fingerprint density at radius 2 is 1.34 bits per heavy atom. The molecular formula is C35H38O3. The first-order valence-electron chi connectivity index (χ1n) is 15.3. The number of benzene rings is 2. The Hall–Kier alpha value is -2.42. The molecule has 0 unspecified atom stereocenters. The number of methoxy groups -OCH3 is 1. The fourth-order valence-electron chi connectivity index (χ4n) is 13.7. The molecule has 7 saturated carbocycles. The van der Waals surface area contributed by atoms with Gasteiger partial charge in [-0.25, -0.2) is 0 Å². The number of hydrogen-bond donors (Lipinski definition) is 0. The molecule has 7 aliphatic carbocycles. The summed E-state index contributed by atoms with van der Waals surface area (Å²) in [6, 6.07) is 21.7. The molecule has 196 valence electrons. The second kappa shape index (κ2) is 7.40. The lowest BCUT2D eigenvalue weighted by Gasteiger charge is -2.42. The summed E-state index contributed by atoms with van der Waals surface area (Å²) in [5.41, 5.74) is 2.01. The van der Waals surface area contributed by atoms with E-state index in [-0.39, 0.29) is 17.3 Å². The van der Waals surface area contributed by atoms with E-state index in [1.807, 2.05) is 0 Å². The maximum absolute atomic E-state index is 14.8. The molecule has 0 bridgehead atoms. The summed E-state index contributed by atoms with van der Waals surface area (Å²) in [7, 11) is 1.64. The van der Waals surface area contributed by atoms with Gasteiger partial charge in [-0.3, -0.25) is 9.59 Å². The molecule has 2 aromatic carbocycles. The van der Waals surface area contributed by atoms with Crippen LogP contribution in [0.5, 0.6) is 0 Å². The average molecular weight is 507 g/mol. The second-order valence-corrected chi connectivity index (χ2v) is 14.2. The van der Waals surface area contributed by atoms with Crippen LogP contribution in [0.2, 0.25) is 0 Å². The van der Waals surface area contributed by atoms with Crippen LogP contribution in [0.25, 0.3) is 0 Å². The van der Waals surface area contributed by atoms with E-state index >= 15 is 0 Å². The van der Waals surface area contributed by atoms with Crippen LogP contribution in [0.15, 0.2) is 60.7 Å². The van der Waals surface area contributed by atoms with Gasteiger partial charge in [0.1, 0.15) is 5.78 Å². The Morgan fingerprint density at radius 1 is 0.737 bits per heavy atom. The lowest BCUT2D eigenvalue weighted by molar-refractivity contribution is -0.162. The van der Waals surface area contributed by atoms with Gasteiger partial charge in [-0.2, -0.15) is 0 Å². The maximum atomic E-state index is 14.8. The Morgan fingerprint density at radius 3 is 2.03 bits per heavy atom. The minimum atomic E-state index is -0.431. The second-order valence-electron chi connectivity index (χ2n) is 14.2. The van der Waals surface area contributed by atoms with Gasteiger partial charge in [-0.05, 0) is 109 Å². The van der Waals surface area contributed by atoms with Gasteiger partial charge in [-0.15, -0.1) is 0 Å². The summed E-state index contributed by atoms with van der Waals surface area (Å²) >= 11 is 0. The molecule has 0 aliphatic heterocycles. The topological polar surface area (TPSA) is 43.4 Å². The molecular weight excluding hydrogens is 468 g/mol. The molecule has 0 amide bonds. The van der Waals surface area contributed by atoms with E-state index in [0.717, 1.165) is 25.7 Å². The minimum Gasteiger partial charge on any atom is -0.469 e. The van der Waals surface area contributed by atoms with Crippen LogP contribution in [0.1, 0.15) is 43.2 Å². The van der Waals surface area contributed by atoms with E-state index in [0.29, 0.717) is 65.0 Å². The van der Waals surface area contributed by atoms with Crippen molar-refractivity contribution < 1.29 is 14.3 Å². The first-order valence-corrected chi connectivity index (χ1v) is 15.3. The summed E-state index contributed by atoms with van der Waals surface area (Å²) in [6.07, 6.45) is 7.66. The Labute approximate surface area is 225 Å². The van der Waals surface area contributed by atoms with Gasteiger partial charge in [0.05, 0.1) is 12.5 Å². The summed E-state index contributed by atoms with van der Waals surface area (Å²) in [4.78, 5) is 29.1. The van der Waals surface area contributed by atoms with Crippen LogP contribution in [0, 0.1) is 75.9 Å². The number of fused-ring (bicyclic) bond motifs is 5. The van der Waals surface area contributed by atoms with Gasteiger partial charge in [-0.1, -0.05) is 67.1 Å². The van der Waals surface area contributed by atoms with Crippen molar-refractivity contribution >= 4 is 11.8 Å². The summed E-state index contributed by atoms with van der Waals surface area (Å²) in [5, 5.41) is 0. The SMILES string of the molecule is COC(=O)[C@@]1(Cc2ccccc2)[C@@H]2[C@H]3CC[C@@H]4C(=O)[C@@]5(Cc6ccccc6)[C@H]([C@H]2[C@@H]2[C@H]1[C@@H]1CCC[C@@H]1[C@H]25)[C@@H]34. The van der Waals surface area contributed by atoms with Crippen molar-refractivity contribution in [2.75, 3.05) is 7.11 Å². The van der Waals surface area contributed by atoms with Gasteiger partial charge < -0.3 is 4.74 Å². The Balaban J connectivity index is 1.28. The standard InChI is InChI=1S/C35H38O3/c1-38-33(37)35(18-20-11-6-3-7-12-20)29-22-14-8-13-21(22)28-26(29)27-30(35)23-15-16-24-25(23)31(27)34(28,32(24)36)17-19-9-4-2-5-10-19/h2-7,9-12,21-31H,8,13-18H2,1H3/t21-,22+,23-,24-,25-,26-,27-,28+,29+,30+,31-,34+,35+/m0/s1. The van der Waals surface area contributed by atoms with Crippen LogP contribution in [0.3, 0.4) is 0 Å². The van der Waals surface area contributed by atoms with Crippen molar-refractivity contribution in [2.24, 2.45) is 75.9 Å². The zero-order valence-electron chi connectivity index (χ0n) is 22.3. The van der Waals surface area contributed by atoms with Crippen molar-refractivity contribution in [3.8, 4) is 0 Å². The monoisotopic (exact) mass is 506 g/mol. The van der Waals surface area contributed by atoms with Crippen LogP contribution in [-0.4, -0.2) is 18.9 Å². The summed E-state index contributed by atoms with van der Waals surface area (Å²) in [5.74, 6) is 5.82. The lowest BCUT2D eigenvalue weighted by Crippen LogP contribution is -2.48. The van der Waals surface area contributed by atoms with E-state index in [4.69, 9.17) is 4.74 Å². The number of carbonyl (C=O) groups excluding carboxylic acids is 2. The van der Waals surface area contributed by atoms with Crippen molar-refractivity contribution in [1.29, 1.82) is 0 Å². The number of Topliss-reactive ketones (excluding diaryl/α,β-unsaturated/α-hetero) is 1. The predicted molar refractivity (Wildman–Crippen MR) is 144 cm³/mol. The first-order chi connectivity index (χ1) is 18.6. The minimum absolute atomic E-state index is 0.0699. The smallest absolute Gasteiger partial charge is 0.312 e. The van der Waals surface area contributed by atoms with E-state index in [2.05, 4.69) is 60.7 Å². The summed E-state index contributed by atoms with van der Waals surface area (Å²) in [6.45, 7) is 0. The van der Waals surface area contributed by atoms with Crippen LogP contribution in [-0.2, 0) is 27.2 Å². The fourth-order valence-corrected chi connectivity index (χ4v) is 13.7. The highest BCUT2D eigenvalue weighted by Crippen LogP contribution is 2.88. The number of ketones is 1. The quantitative estimate of drug-likeness (QED) is 0.467. The third-order valence-electron chi connectivity index (χ3n) is 13.7. The number of hydrogen-bond acceptors (Lipinski definition) is 3. The molecule has 2 aromatic rings. The van der Waals surface area contributed by atoms with Gasteiger partial charge in [0.25, 0.3) is 0 Å². The molecule has 9 rings (SSSR count). The molecule has 0 spiro atoms. The number of rotatable bonds is 5. The molecule has 0 saturated heterocycles. The van der Waals surface area contributed by atoms with E-state index < -0.39 is 5.41 Å². The normalized spacial score (nSPS) is 50.0. The average Bonchev–Trinajstić information content (AvgIpc) is 3.75. The highest BCUT2D eigenvalue weighted by molar-refractivity contribution is 5.93. The lowest BCUT2D eigenvalue weighted by atomic mass is 9.60. The highest BCUT2D eigenvalue weighted by Gasteiger charge is 2.89. The fraction of sp³-hybridized carbons (Fsp3) is 0.600. The molecule has 7 aliphatic rings. The van der Waals surface area contributed by atoms with Crippen molar-refractivity contribution in [1.82, 2.24) is 0 Å². The van der Waals surface area contributed by atoms with Crippen LogP contribution in [0.4, 0.5) is 0 Å². The van der Waals surface area contributed by atoms with Gasteiger partial charge in [0, 0.05) is 11.3 Å². The molecule has 0 heterocycles. The molecule has 38 heavy (non-hydrogen) atoms. The largest absolute Gasteiger partial charge is 0.469 e. The van der Waals surface area contributed by atoms with Crippen LogP contribution >= 0.6 is 0 Å². The van der Waals surface area contributed by atoms with Gasteiger partial charge in [0.2, 0.25) is 0 Å². The molecule has 0 aromatic heterocycles. The van der Waals surface area contributed by atoms with E-state index in [1.54, 1.807) is 7.11 Å². The maximum Gasteiger partial charge on any atom is 0.312 e. The predicted octanol–water partition coefficient (Wildman–Crippen LogP) is 6.01. The van der Waals surface area contributed by atoms with Crippen LogP contribution < -0.4 is 0 Å². The number of carbonyl (C=O) groups is 2. The Kier molecular flexibility index (Phi) is 4.36. The van der Waals surface area contributed by atoms with Crippen molar-refractivity contribution in [3.63, 3.8) is 0 Å². The van der Waals surface area contributed by atoms with Gasteiger partial charge >= 0.3 is 5.97 Å². The third kappa shape index (κ3) is 2.30. The Bertz CT molecular complexity index is 1310. The molecule has 3 nitrogen and oxygen atoms in total.